The molecule has 0 fully saturated rings. The van der Waals surface area contributed by atoms with Crippen molar-refractivity contribution in [3.05, 3.63) is 35.7 Å². The van der Waals surface area contributed by atoms with E-state index in [0.29, 0.717) is 30.2 Å². The molecule has 0 spiro atoms. The van der Waals surface area contributed by atoms with Crippen LogP contribution < -0.4 is 4.74 Å². The molecule has 0 aliphatic heterocycles. The van der Waals surface area contributed by atoms with E-state index < -0.39 is 5.97 Å². The third-order valence-corrected chi connectivity index (χ3v) is 2.69. The van der Waals surface area contributed by atoms with Crippen molar-refractivity contribution in [2.75, 3.05) is 6.61 Å². The zero-order valence-electron chi connectivity index (χ0n) is 10.8. The normalized spacial score (nSPS) is 10.4. The molecule has 0 radical (unpaired) electrons. The van der Waals surface area contributed by atoms with Gasteiger partial charge in [-0.25, -0.2) is 9.48 Å². The second-order valence-electron chi connectivity index (χ2n) is 3.86. The molecule has 0 amide bonds. The highest BCUT2D eigenvalue weighted by Crippen LogP contribution is 2.24. The lowest BCUT2D eigenvalue weighted by Crippen LogP contribution is -2.07. The number of carbonyl (C=O) groups is 1. The summed E-state index contributed by atoms with van der Waals surface area (Å²) in [4.78, 5) is 11.1. The molecule has 1 aromatic carbocycles. The largest absolute Gasteiger partial charge is 0.492 e. The highest BCUT2D eigenvalue weighted by molar-refractivity contribution is 5.86. The maximum atomic E-state index is 11.1. The zero-order chi connectivity index (χ0) is 13.8. The number of carboxylic acids is 1. The Kier molecular flexibility index (Phi) is 3.79. The van der Waals surface area contributed by atoms with Gasteiger partial charge in [0.15, 0.2) is 5.69 Å². The first-order chi connectivity index (χ1) is 9.19. The number of hydrogen-bond acceptors (Lipinski definition) is 4. The molecule has 0 bridgehead atoms. The molecule has 6 nitrogen and oxygen atoms in total. The van der Waals surface area contributed by atoms with E-state index in [1.807, 2.05) is 38.1 Å². The summed E-state index contributed by atoms with van der Waals surface area (Å²) in [7, 11) is 0. The summed E-state index contributed by atoms with van der Waals surface area (Å²) in [5, 5.41) is 16.7. The van der Waals surface area contributed by atoms with Gasteiger partial charge in [-0.3, -0.25) is 0 Å². The van der Waals surface area contributed by atoms with Gasteiger partial charge in [0.05, 0.1) is 12.3 Å². The van der Waals surface area contributed by atoms with Crippen LogP contribution in [0.4, 0.5) is 0 Å². The van der Waals surface area contributed by atoms with Crippen molar-refractivity contribution in [2.45, 2.75) is 20.3 Å². The van der Waals surface area contributed by atoms with Crippen molar-refractivity contribution in [1.82, 2.24) is 15.0 Å². The molecule has 1 aromatic heterocycles. The number of ether oxygens (including phenoxy) is 1. The number of hydrogen-bond donors (Lipinski definition) is 1. The van der Waals surface area contributed by atoms with Gasteiger partial charge in [-0.1, -0.05) is 24.3 Å². The molecule has 1 heterocycles. The van der Waals surface area contributed by atoms with E-state index in [0.717, 1.165) is 0 Å². The minimum absolute atomic E-state index is 0.0196. The predicted molar refractivity (Wildman–Crippen MR) is 68.9 cm³/mol. The molecule has 100 valence electrons. The average Bonchev–Trinajstić information content (AvgIpc) is 2.83. The van der Waals surface area contributed by atoms with Crippen molar-refractivity contribution >= 4 is 5.97 Å². The molecule has 0 saturated heterocycles. The topological polar surface area (TPSA) is 77.2 Å². The molecule has 19 heavy (non-hydrogen) atoms. The molecule has 1 N–H and O–H groups in total. The number of aromatic nitrogens is 3. The molecule has 6 heteroatoms. The second kappa shape index (κ2) is 5.51. The maximum Gasteiger partial charge on any atom is 0.358 e. The van der Waals surface area contributed by atoms with Gasteiger partial charge in [0.2, 0.25) is 0 Å². The fourth-order valence-electron chi connectivity index (χ4n) is 1.89. The lowest BCUT2D eigenvalue weighted by Gasteiger charge is -2.11. The van der Waals surface area contributed by atoms with E-state index in [1.54, 1.807) is 0 Å². The van der Waals surface area contributed by atoms with Crippen LogP contribution >= 0.6 is 0 Å². The Morgan fingerprint density at radius 2 is 2.11 bits per heavy atom. The number of aromatic carboxylic acids is 1. The van der Waals surface area contributed by atoms with Gasteiger partial charge in [-0.05, 0) is 25.5 Å². The van der Waals surface area contributed by atoms with Gasteiger partial charge >= 0.3 is 5.97 Å². The summed E-state index contributed by atoms with van der Waals surface area (Å²) in [6, 6.07) is 7.35. The van der Waals surface area contributed by atoms with Crippen LogP contribution in [-0.4, -0.2) is 32.7 Å². The minimum Gasteiger partial charge on any atom is -0.492 e. The van der Waals surface area contributed by atoms with Crippen LogP contribution in [0.3, 0.4) is 0 Å². The standard InChI is InChI=1S/C13H15N3O3/c1-3-9-12(13(17)18)14-15-16(9)10-7-5-6-8-11(10)19-4-2/h5-8H,3-4H2,1-2H3,(H,17,18). The molecular formula is C13H15N3O3. The van der Waals surface area contributed by atoms with Crippen molar-refractivity contribution < 1.29 is 14.6 Å². The highest BCUT2D eigenvalue weighted by atomic mass is 16.5. The van der Waals surface area contributed by atoms with Gasteiger partial charge in [0, 0.05) is 0 Å². The Bertz CT molecular complexity index is 593. The quantitative estimate of drug-likeness (QED) is 0.889. The van der Waals surface area contributed by atoms with Gasteiger partial charge in [0.1, 0.15) is 11.4 Å². The van der Waals surface area contributed by atoms with Crippen LogP contribution in [0.5, 0.6) is 5.75 Å². The number of benzene rings is 1. The van der Waals surface area contributed by atoms with E-state index in [4.69, 9.17) is 9.84 Å². The summed E-state index contributed by atoms with van der Waals surface area (Å²) < 4.78 is 7.05. The SMILES string of the molecule is CCOc1ccccc1-n1nnc(C(=O)O)c1CC. The zero-order valence-corrected chi connectivity index (χ0v) is 10.8. The average molecular weight is 261 g/mol. The molecule has 0 saturated carbocycles. The fraction of sp³-hybridized carbons (Fsp3) is 0.308. The van der Waals surface area contributed by atoms with E-state index >= 15 is 0 Å². The van der Waals surface area contributed by atoms with Gasteiger partial charge in [-0.2, -0.15) is 0 Å². The Morgan fingerprint density at radius 1 is 1.37 bits per heavy atom. The lowest BCUT2D eigenvalue weighted by molar-refractivity contribution is 0.0689. The first kappa shape index (κ1) is 13.1. The highest BCUT2D eigenvalue weighted by Gasteiger charge is 2.19. The van der Waals surface area contributed by atoms with E-state index in [1.165, 1.54) is 4.68 Å². The van der Waals surface area contributed by atoms with E-state index in [-0.39, 0.29) is 5.69 Å². The summed E-state index contributed by atoms with van der Waals surface area (Å²) in [5.74, 6) is -0.418. The third-order valence-electron chi connectivity index (χ3n) is 2.69. The van der Waals surface area contributed by atoms with Crippen LogP contribution in [0.1, 0.15) is 30.0 Å². The van der Waals surface area contributed by atoms with Crippen molar-refractivity contribution in [3.63, 3.8) is 0 Å². The Balaban J connectivity index is 2.56. The van der Waals surface area contributed by atoms with Gasteiger partial charge in [-0.15, -0.1) is 5.10 Å². The van der Waals surface area contributed by atoms with Crippen molar-refractivity contribution in [3.8, 4) is 11.4 Å². The summed E-state index contributed by atoms with van der Waals surface area (Å²) in [6.07, 6.45) is 0.523. The van der Waals surface area contributed by atoms with Crippen LogP contribution in [0.25, 0.3) is 5.69 Å². The monoisotopic (exact) mass is 261 g/mol. The summed E-state index contributed by atoms with van der Waals surface area (Å²) in [6.45, 7) is 4.28. The van der Waals surface area contributed by atoms with Crippen molar-refractivity contribution in [1.29, 1.82) is 0 Å². The smallest absolute Gasteiger partial charge is 0.358 e. The maximum absolute atomic E-state index is 11.1. The number of nitrogens with zero attached hydrogens (tertiary/aromatic N) is 3. The molecule has 2 aromatic rings. The van der Waals surface area contributed by atoms with Gasteiger partial charge in [0.25, 0.3) is 0 Å². The molecule has 0 aliphatic carbocycles. The Hall–Kier alpha value is -2.37. The van der Waals surface area contributed by atoms with Crippen molar-refractivity contribution in [2.24, 2.45) is 0 Å². The van der Waals surface area contributed by atoms with Crippen LogP contribution in [0.2, 0.25) is 0 Å². The first-order valence-electron chi connectivity index (χ1n) is 6.09. The van der Waals surface area contributed by atoms with Gasteiger partial charge < -0.3 is 9.84 Å². The third kappa shape index (κ3) is 2.42. The molecular weight excluding hydrogens is 246 g/mol. The van der Waals surface area contributed by atoms with Crippen LogP contribution in [0.15, 0.2) is 24.3 Å². The van der Waals surface area contributed by atoms with E-state index in [9.17, 15) is 4.79 Å². The predicted octanol–water partition coefficient (Wildman–Crippen LogP) is 1.93. The van der Waals surface area contributed by atoms with Crippen LogP contribution in [-0.2, 0) is 6.42 Å². The Morgan fingerprint density at radius 3 is 2.74 bits per heavy atom. The summed E-state index contributed by atoms with van der Waals surface area (Å²) in [5.41, 5.74) is 1.23. The fourth-order valence-corrected chi connectivity index (χ4v) is 1.89. The van der Waals surface area contributed by atoms with Crippen LogP contribution in [0, 0.1) is 0 Å². The first-order valence-corrected chi connectivity index (χ1v) is 6.09. The molecule has 0 unspecified atom stereocenters. The molecule has 2 rings (SSSR count). The molecule has 0 atom stereocenters. The minimum atomic E-state index is -1.07. The van der Waals surface area contributed by atoms with E-state index in [2.05, 4.69) is 10.3 Å². The summed E-state index contributed by atoms with van der Waals surface area (Å²) >= 11 is 0. The molecule has 0 aliphatic rings. The number of rotatable bonds is 5. The Labute approximate surface area is 110 Å². The second-order valence-corrected chi connectivity index (χ2v) is 3.86. The number of para-hydroxylation sites is 2. The number of carboxylic acid groups (broad SMARTS) is 1. The lowest BCUT2D eigenvalue weighted by atomic mass is 10.2.